The molecule has 0 saturated carbocycles. The lowest BCUT2D eigenvalue weighted by Crippen LogP contribution is -2.44. The third-order valence-electron chi connectivity index (χ3n) is 4.07. The molecule has 1 aromatic heterocycles. The fourth-order valence-corrected chi connectivity index (χ4v) is 2.74. The predicted octanol–water partition coefficient (Wildman–Crippen LogP) is 1.78. The van der Waals surface area contributed by atoms with Gasteiger partial charge in [0.15, 0.2) is 0 Å². The molecule has 20 heavy (non-hydrogen) atoms. The van der Waals surface area contributed by atoms with Gasteiger partial charge in [-0.1, -0.05) is 13.0 Å². The molecule has 2 heterocycles. The summed E-state index contributed by atoms with van der Waals surface area (Å²) < 4.78 is 0. The van der Waals surface area contributed by atoms with Crippen molar-refractivity contribution < 1.29 is 4.79 Å². The minimum atomic E-state index is 0.0106. The van der Waals surface area contributed by atoms with Gasteiger partial charge in [0.25, 0.3) is 5.91 Å². The summed E-state index contributed by atoms with van der Waals surface area (Å²) in [6, 6.07) is 5.93. The van der Waals surface area contributed by atoms with Crippen molar-refractivity contribution in [2.24, 2.45) is 0 Å². The van der Waals surface area contributed by atoms with Gasteiger partial charge in [0, 0.05) is 30.1 Å². The number of likely N-dealkylation sites (tertiary alicyclic amines) is 1. The number of amides is 1. The van der Waals surface area contributed by atoms with E-state index in [0.717, 1.165) is 43.4 Å². The SMILES string of the molecule is CCN1CCC(NC(=O)c2ccc3cn[nH]c3c2)CC1. The number of rotatable bonds is 3. The standard InChI is InChI=1S/C15H20N4O/c1-2-19-7-5-13(6-8-19)17-15(20)11-3-4-12-10-16-18-14(12)9-11/h3-4,9-10,13H,2,5-8H2,1H3,(H,16,18)(H,17,20). The van der Waals surface area contributed by atoms with Crippen LogP contribution < -0.4 is 5.32 Å². The highest BCUT2D eigenvalue weighted by molar-refractivity contribution is 5.97. The average Bonchev–Trinajstić information content (AvgIpc) is 2.95. The summed E-state index contributed by atoms with van der Waals surface area (Å²) in [6.45, 7) is 5.41. The van der Waals surface area contributed by atoms with Crippen LogP contribution in [0.25, 0.3) is 10.9 Å². The molecule has 1 aliphatic heterocycles. The zero-order valence-corrected chi connectivity index (χ0v) is 11.7. The Morgan fingerprint density at radius 3 is 3.00 bits per heavy atom. The molecule has 0 radical (unpaired) electrons. The number of aromatic amines is 1. The summed E-state index contributed by atoms with van der Waals surface area (Å²) >= 11 is 0. The van der Waals surface area contributed by atoms with Crippen LogP contribution in [0.3, 0.4) is 0 Å². The molecule has 1 fully saturated rings. The lowest BCUT2D eigenvalue weighted by Gasteiger charge is -2.31. The third-order valence-corrected chi connectivity index (χ3v) is 4.07. The molecule has 0 aliphatic carbocycles. The van der Waals surface area contributed by atoms with Crippen molar-refractivity contribution in [2.45, 2.75) is 25.8 Å². The van der Waals surface area contributed by atoms with Gasteiger partial charge in [-0.25, -0.2) is 0 Å². The fraction of sp³-hybridized carbons (Fsp3) is 0.467. The van der Waals surface area contributed by atoms with Gasteiger partial charge in [0.1, 0.15) is 0 Å². The summed E-state index contributed by atoms with van der Waals surface area (Å²) in [5.74, 6) is 0.0106. The van der Waals surface area contributed by atoms with Crippen molar-refractivity contribution in [1.29, 1.82) is 0 Å². The van der Waals surface area contributed by atoms with Crippen molar-refractivity contribution in [3.05, 3.63) is 30.0 Å². The molecule has 0 spiro atoms. The van der Waals surface area contributed by atoms with Gasteiger partial charge in [-0.2, -0.15) is 5.10 Å². The number of nitrogens with zero attached hydrogens (tertiary/aromatic N) is 2. The van der Waals surface area contributed by atoms with E-state index in [9.17, 15) is 4.79 Å². The van der Waals surface area contributed by atoms with Crippen molar-refractivity contribution in [3.63, 3.8) is 0 Å². The van der Waals surface area contributed by atoms with E-state index in [0.29, 0.717) is 11.6 Å². The number of nitrogens with one attached hydrogen (secondary N) is 2. The zero-order valence-electron chi connectivity index (χ0n) is 11.7. The van der Waals surface area contributed by atoms with Crippen LogP contribution in [0.4, 0.5) is 0 Å². The highest BCUT2D eigenvalue weighted by atomic mass is 16.1. The quantitative estimate of drug-likeness (QED) is 0.895. The molecule has 5 heteroatoms. The van der Waals surface area contributed by atoms with Crippen molar-refractivity contribution in [2.75, 3.05) is 19.6 Å². The highest BCUT2D eigenvalue weighted by Gasteiger charge is 2.20. The van der Waals surface area contributed by atoms with Crippen LogP contribution in [0.2, 0.25) is 0 Å². The van der Waals surface area contributed by atoms with Crippen LogP contribution in [0.1, 0.15) is 30.1 Å². The molecular formula is C15H20N4O. The van der Waals surface area contributed by atoms with E-state index in [1.54, 1.807) is 6.20 Å². The van der Waals surface area contributed by atoms with E-state index in [1.807, 2.05) is 18.2 Å². The average molecular weight is 272 g/mol. The van der Waals surface area contributed by atoms with Gasteiger partial charge in [-0.05, 0) is 31.5 Å². The Labute approximate surface area is 118 Å². The summed E-state index contributed by atoms with van der Waals surface area (Å²) in [5, 5.41) is 11.0. The smallest absolute Gasteiger partial charge is 0.251 e. The third kappa shape index (κ3) is 2.67. The lowest BCUT2D eigenvalue weighted by atomic mass is 10.0. The van der Waals surface area contributed by atoms with Gasteiger partial charge in [0.05, 0.1) is 11.7 Å². The summed E-state index contributed by atoms with van der Waals surface area (Å²) in [5.41, 5.74) is 1.60. The first-order chi connectivity index (χ1) is 9.76. The molecule has 106 valence electrons. The first kappa shape index (κ1) is 13.1. The number of hydrogen-bond acceptors (Lipinski definition) is 3. The molecule has 0 unspecified atom stereocenters. The maximum Gasteiger partial charge on any atom is 0.251 e. The van der Waals surface area contributed by atoms with Crippen molar-refractivity contribution in [3.8, 4) is 0 Å². The maximum absolute atomic E-state index is 12.3. The van der Waals surface area contributed by atoms with E-state index >= 15 is 0 Å². The second-order valence-corrected chi connectivity index (χ2v) is 5.35. The topological polar surface area (TPSA) is 61.0 Å². The molecule has 3 rings (SSSR count). The van der Waals surface area contributed by atoms with Gasteiger partial charge in [0.2, 0.25) is 0 Å². The minimum Gasteiger partial charge on any atom is -0.349 e. The molecule has 2 N–H and O–H groups in total. The molecule has 0 atom stereocenters. The van der Waals surface area contributed by atoms with E-state index in [4.69, 9.17) is 0 Å². The Morgan fingerprint density at radius 1 is 1.45 bits per heavy atom. The van der Waals surface area contributed by atoms with Crippen LogP contribution in [0.15, 0.2) is 24.4 Å². The maximum atomic E-state index is 12.3. The number of hydrogen-bond donors (Lipinski definition) is 2. The van der Waals surface area contributed by atoms with Crippen LogP contribution >= 0.6 is 0 Å². The van der Waals surface area contributed by atoms with Gasteiger partial charge in [-0.15, -0.1) is 0 Å². The number of piperidine rings is 1. The van der Waals surface area contributed by atoms with Crippen LogP contribution in [-0.2, 0) is 0 Å². The molecule has 1 aromatic carbocycles. The van der Waals surface area contributed by atoms with Crippen molar-refractivity contribution in [1.82, 2.24) is 20.4 Å². The molecule has 2 aromatic rings. The number of carbonyl (C=O) groups is 1. The second-order valence-electron chi connectivity index (χ2n) is 5.35. The molecule has 1 saturated heterocycles. The van der Waals surface area contributed by atoms with E-state index < -0.39 is 0 Å². The molecular weight excluding hydrogens is 252 g/mol. The Bertz CT molecular complexity index is 599. The molecule has 0 bridgehead atoms. The first-order valence-electron chi connectivity index (χ1n) is 7.22. The number of fused-ring (bicyclic) bond motifs is 1. The number of H-pyrrole nitrogens is 1. The van der Waals surface area contributed by atoms with E-state index in [2.05, 4.69) is 27.3 Å². The number of carbonyl (C=O) groups excluding carboxylic acids is 1. The first-order valence-corrected chi connectivity index (χ1v) is 7.22. The largest absolute Gasteiger partial charge is 0.349 e. The van der Waals surface area contributed by atoms with E-state index in [1.165, 1.54) is 0 Å². The number of benzene rings is 1. The Morgan fingerprint density at radius 2 is 2.25 bits per heavy atom. The Hall–Kier alpha value is -1.88. The molecule has 5 nitrogen and oxygen atoms in total. The van der Waals surface area contributed by atoms with Crippen LogP contribution in [0.5, 0.6) is 0 Å². The van der Waals surface area contributed by atoms with Crippen molar-refractivity contribution >= 4 is 16.8 Å². The summed E-state index contributed by atoms with van der Waals surface area (Å²) in [4.78, 5) is 14.7. The monoisotopic (exact) mass is 272 g/mol. The van der Waals surface area contributed by atoms with Gasteiger partial charge >= 0.3 is 0 Å². The summed E-state index contributed by atoms with van der Waals surface area (Å²) in [7, 11) is 0. The minimum absolute atomic E-state index is 0.0106. The van der Waals surface area contributed by atoms with Crippen LogP contribution in [0, 0.1) is 0 Å². The van der Waals surface area contributed by atoms with Gasteiger partial charge < -0.3 is 10.2 Å². The van der Waals surface area contributed by atoms with E-state index in [-0.39, 0.29) is 5.91 Å². The zero-order chi connectivity index (χ0) is 13.9. The Kier molecular flexibility index (Phi) is 3.69. The second kappa shape index (κ2) is 5.63. The number of aromatic nitrogens is 2. The van der Waals surface area contributed by atoms with Crippen LogP contribution in [-0.4, -0.2) is 46.7 Å². The normalized spacial score (nSPS) is 17.4. The fourth-order valence-electron chi connectivity index (χ4n) is 2.74. The highest BCUT2D eigenvalue weighted by Crippen LogP contribution is 2.14. The lowest BCUT2D eigenvalue weighted by molar-refractivity contribution is 0.0913. The van der Waals surface area contributed by atoms with Gasteiger partial charge in [-0.3, -0.25) is 9.89 Å². The predicted molar refractivity (Wildman–Crippen MR) is 78.7 cm³/mol. The molecule has 1 amide bonds. The molecule has 1 aliphatic rings. The Balaban J connectivity index is 1.64. The summed E-state index contributed by atoms with van der Waals surface area (Å²) in [6.07, 6.45) is 3.83.